The van der Waals surface area contributed by atoms with E-state index in [1.54, 1.807) is 52.0 Å². The summed E-state index contributed by atoms with van der Waals surface area (Å²) >= 11 is 0. The third-order valence-electron chi connectivity index (χ3n) is 2.13. The molecular weight excluding hydrogens is 232 g/mol. The summed E-state index contributed by atoms with van der Waals surface area (Å²) in [6.07, 6.45) is 0.441. The predicted molar refractivity (Wildman–Crippen MR) is 67.3 cm³/mol. The normalized spacial score (nSPS) is 11.1. The molecule has 0 aliphatic carbocycles. The molecule has 0 saturated carbocycles. The monoisotopic (exact) mass is 250 g/mol. The first-order valence-electron chi connectivity index (χ1n) is 5.87. The highest BCUT2D eigenvalue weighted by atomic mass is 17.2. The molecule has 0 N–H and O–H groups in total. The van der Waals surface area contributed by atoms with Crippen LogP contribution in [0.15, 0.2) is 24.3 Å². The van der Waals surface area contributed by atoms with Gasteiger partial charge in [-0.2, -0.15) is 4.89 Å². The van der Waals surface area contributed by atoms with E-state index in [4.69, 9.17) is 9.78 Å². The van der Waals surface area contributed by atoms with Crippen molar-refractivity contribution in [2.75, 3.05) is 0 Å². The van der Waals surface area contributed by atoms with Crippen LogP contribution in [-0.2, 0) is 9.78 Å². The molecule has 98 valence electrons. The van der Waals surface area contributed by atoms with Gasteiger partial charge in [0.1, 0.15) is 5.60 Å². The quantitative estimate of drug-likeness (QED) is 0.468. The molecule has 0 aromatic heterocycles. The Labute approximate surface area is 107 Å². The molecule has 1 aromatic rings. The van der Waals surface area contributed by atoms with Crippen molar-refractivity contribution in [1.82, 2.24) is 0 Å². The molecule has 0 amide bonds. The lowest BCUT2D eigenvalue weighted by atomic mass is 10.1. The second kappa shape index (κ2) is 5.78. The number of benzene rings is 1. The maximum absolute atomic E-state index is 11.6. The van der Waals surface area contributed by atoms with E-state index in [0.29, 0.717) is 17.5 Å². The molecule has 0 heterocycles. The van der Waals surface area contributed by atoms with Gasteiger partial charge >= 0.3 is 5.97 Å². The highest BCUT2D eigenvalue weighted by Crippen LogP contribution is 2.12. The average molecular weight is 250 g/mol. The number of hydrogen-bond donors (Lipinski definition) is 0. The molecule has 0 aliphatic rings. The summed E-state index contributed by atoms with van der Waals surface area (Å²) in [4.78, 5) is 32.6. The smallest absolute Gasteiger partial charge is 0.294 e. The van der Waals surface area contributed by atoms with Crippen molar-refractivity contribution in [3.8, 4) is 0 Å². The highest BCUT2D eigenvalue weighted by Gasteiger charge is 2.16. The van der Waals surface area contributed by atoms with Crippen LogP contribution in [0.25, 0.3) is 0 Å². The molecule has 0 aliphatic heterocycles. The lowest BCUT2D eigenvalue weighted by molar-refractivity contribution is -0.301. The van der Waals surface area contributed by atoms with Crippen LogP contribution in [0.3, 0.4) is 0 Å². The van der Waals surface area contributed by atoms with Gasteiger partial charge in [-0.05, 0) is 32.9 Å². The summed E-state index contributed by atoms with van der Waals surface area (Å²) in [5.74, 6) is -0.527. The van der Waals surface area contributed by atoms with Crippen LogP contribution in [0, 0.1) is 0 Å². The van der Waals surface area contributed by atoms with Crippen molar-refractivity contribution < 1.29 is 19.4 Å². The van der Waals surface area contributed by atoms with Crippen molar-refractivity contribution in [3.05, 3.63) is 35.4 Å². The summed E-state index contributed by atoms with van der Waals surface area (Å²) in [5.41, 5.74) is 0.394. The molecule has 4 heteroatoms. The third-order valence-corrected chi connectivity index (χ3v) is 2.13. The summed E-state index contributed by atoms with van der Waals surface area (Å²) in [6, 6.07) is 6.33. The van der Waals surface area contributed by atoms with Crippen molar-refractivity contribution in [2.45, 2.75) is 39.7 Å². The average Bonchev–Trinajstić information content (AvgIpc) is 2.34. The summed E-state index contributed by atoms with van der Waals surface area (Å²) < 4.78 is 0. The molecule has 0 atom stereocenters. The predicted octanol–water partition coefficient (Wildman–Crippen LogP) is 3.17. The van der Waals surface area contributed by atoms with Gasteiger partial charge in [-0.15, -0.1) is 0 Å². The van der Waals surface area contributed by atoms with Crippen molar-refractivity contribution in [3.63, 3.8) is 0 Å². The minimum Gasteiger partial charge on any atom is -0.294 e. The molecule has 0 saturated heterocycles. The highest BCUT2D eigenvalue weighted by molar-refractivity contribution is 5.97. The van der Waals surface area contributed by atoms with Crippen molar-refractivity contribution >= 4 is 11.8 Å². The lowest BCUT2D eigenvalue weighted by Crippen LogP contribution is -2.21. The standard InChI is InChI=1S/C14H18O4/c1-5-12(15)10-6-8-11(9-7-10)13(16)17-18-14(2,3)4/h6-9H,5H2,1-4H3. The van der Waals surface area contributed by atoms with Crippen LogP contribution < -0.4 is 0 Å². The number of hydrogen-bond acceptors (Lipinski definition) is 4. The van der Waals surface area contributed by atoms with Gasteiger partial charge < -0.3 is 0 Å². The first kappa shape index (κ1) is 14.4. The topological polar surface area (TPSA) is 52.6 Å². The molecule has 1 rings (SSSR count). The van der Waals surface area contributed by atoms with Crippen LogP contribution in [0.5, 0.6) is 0 Å². The Morgan fingerprint density at radius 3 is 2.00 bits per heavy atom. The van der Waals surface area contributed by atoms with Gasteiger partial charge in [0.25, 0.3) is 0 Å². The minimum atomic E-state index is -0.569. The van der Waals surface area contributed by atoms with Gasteiger partial charge in [0.2, 0.25) is 0 Å². The third kappa shape index (κ3) is 4.30. The van der Waals surface area contributed by atoms with E-state index in [2.05, 4.69) is 0 Å². The number of carbonyl (C=O) groups excluding carboxylic acids is 2. The maximum atomic E-state index is 11.6. The fourth-order valence-corrected chi connectivity index (χ4v) is 1.21. The minimum absolute atomic E-state index is 0.0425. The van der Waals surface area contributed by atoms with Gasteiger partial charge in [-0.1, -0.05) is 19.1 Å². The zero-order valence-electron chi connectivity index (χ0n) is 11.1. The summed E-state index contributed by atoms with van der Waals surface area (Å²) in [7, 11) is 0. The van der Waals surface area contributed by atoms with E-state index in [1.165, 1.54) is 0 Å². The van der Waals surface area contributed by atoms with Crippen LogP contribution in [0.4, 0.5) is 0 Å². The lowest BCUT2D eigenvalue weighted by Gasteiger charge is -2.16. The Balaban J connectivity index is 2.68. The van der Waals surface area contributed by atoms with E-state index in [0.717, 1.165) is 0 Å². The largest absolute Gasteiger partial charge is 0.373 e. The number of Topliss-reactive ketones (excluding diaryl/α,β-unsaturated/α-hetero) is 1. The zero-order chi connectivity index (χ0) is 13.8. The number of rotatable bonds is 4. The van der Waals surface area contributed by atoms with Gasteiger partial charge in [-0.25, -0.2) is 4.79 Å². The molecule has 18 heavy (non-hydrogen) atoms. The summed E-state index contributed by atoms with van der Waals surface area (Å²) in [6.45, 7) is 7.14. The zero-order valence-corrected chi connectivity index (χ0v) is 11.1. The van der Waals surface area contributed by atoms with Crippen LogP contribution in [0.1, 0.15) is 54.8 Å². The molecule has 0 spiro atoms. The van der Waals surface area contributed by atoms with Crippen molar-refractivity contribution in [2.24, 2.45) is 0 Å². The SMILES string of the molecule is CCC(=O)c1ccc(C(=O)OOC(C)(C)C)cc1. The molecule has 0 unspecified atom stereocenters. The van der Waals surface area contributed by atoms with E-state index in [1.807, 2.05) is 0 Å². The van der Waals surface area contributed by atoms with Gasteiger partial charge in [0.15, 0.2) is 5.78 Å². The fourth-order valence-electron chi connectivity index (χ4n) is 1.21. The Kier molecular flexibility index (Phi) is 4.62. The Bertz CT molecular complexity index is 426. The fraction of sp³-hybridized carbons (Fsp3) is 0.429. The molecule has 0 fully saturated rings. The van der Waals surface area contributed by atoms with E-state index in [-0.39, 0.29) is 5.78 Å². The molecule has 1 aromatic carbocycles. The van der Waals surface area contributed by atoms with Crippen LogP contribution in [0.2, 0.25) is 0 Å². The van der Waals surface area contributed by atoms with Crippen LogP contribution in [-0.4, -0.2) is 17.4 Å². The Morgan fingerprint density at radius 2 is 1.56 bits per heavy atom. The van der Waals surface area contributed by atoms with E-state index < -0.39 is 11.6 Å². The van der Waals surface area contributed by atoms with Gasteiger partial charge in [0, 0.05) is 12.0 Å². The first-order chi connectivity index (χ1) is 8.33. The molecule has 0 radical (unpaired) electrons. The maximum Gasteiger partial charge on any atom is 0.373 e. The van der Waals surface area contributed by atoms with E-state index >= 15 is 0 Å². The van der Waals surface area contributed by atoms with Gasteiger partial charge in [0.05, 0.1) is 5.56 Å². The Hall–Kier alpha value is -1.68. The first-order valence-corrected chi connectivity index (χ1v) is 5.87. The van der Waals surface area contributed by atoms with Gasteiger partial charge in [-0.3, -0.25) is 9.68 Å². The molecule has 0 bridgehead atoms. The molecule has 4 nitrogen and oxygen atoms in total. The Morgan fingerprint density at radius 1 is 1.06 bits per heavy atom. The molecular formula is C14H18O4. The van der Waals surface area contributed by atoms with Crippen molar-refractivity contribution in [1.29, 1.82) is 0 Å². The second-order valence-electron chi connectivity index (χ2n) is 4.92. The summed E-state index contributed by atoms with van der Waals surface area (Å²) in [5, 5.41) is 0. The van der Waals surface area contributed by atoms with E-state index in [9.17, 15) is 9.59 Å². The second-order valence-corrected chi connectivity index (χ2v) is 4.92. The number of carbonyl (C=O) groups is 2. The van der Waals surface area contributed by atoms with Crippen LogP contribution >= 0.6 is 0 Å². The number of ketones is 1.